The van der Waals surface area contributed by atoms with Crippen LogP contribution in [0.15, 0.2) is 12.1 Å². The van der Waals surface area contributed by atoms with Gasteiger partial charge < -0.3 is 10.8 Å². The monoisotopic (exact) mass is 219 g/mol. The number of benzene rings is 1. The van der Waals surface area contributed by atoms with Gasteiger partial charge >= 0.3 is 0 Å². The zero-order valence-corrected chi connectivity index (χ0v) is 8.06. The number of alkyl halides is 1. The van der Waals surface area contributed by atoms with E-state index in [0.717, 1.165) is 0 Å². The fourth-order valence-electron chi connectivity index (χ4n) is 0.932. The highest BCUT2D eigenvalue weighted by molar-refractivity contribution is 6.38. The Bertz CT molecular complexity index is 352. The second kappa shape index (κ2) is 3.85. The lowest BCUT2D eigenvalue weighted by Crippen LogP contribution is -2.05. The predicted molar refractivity (Wildman–Crippen MR) is 52.6 cm³/mol. The zero-order chi connectivity index (χ0) is 10.0. The van der Waals surface area contributed by atoms with Crippen LogP contribution in [0.2, 0.25) is 5.02 Å². The summed E-state index contributed by atoms with van der Waals surface area (Å²) in [6.45, 7) is 0. The SMILES string of the molecule is Nc1c(O)ccc(Cl)c1C(=O)CCl. The van der Waals surface area contributed by atoms with E-state index in [9.17, 15) is 9.90 Å². The van der Waals surface area contributed by atoms with Gasteiger partial charge in [0.1, 0.15) is 5.75 Å². The summed E-state index contributed by atoms with van der Waals surface area (Å²) in [5.41, 5.74) is 5.50. The molecule has 0 bridgehead atoms. The third-order valence-electron chi connectivity index (χ3n) is 1.57. The average molecular weight is 220 g/mol. The van der Waals surface area contributed by atoms with Crippen LogP contribution < -0.4 is 5.73 Å². The molecule has 3 nitrogen and oxygen atoms in total. The number of anilines is 1. The maximum absolute atomic E-state index is 11.2. The summed E-state index contributed by atoms with van der Waals surface area (Å²) in [4.78, 5) is 11.2. The summed E-state index contributed by atoms with van der Waals surface area (Å²) in [5.74, 6) is -0.786. The van der Waals surface area contributed by atoms with E-state index in [1.165, 1.54) is 12.1 Å². The van der Waals surface area contributed by atoms with Gasteiger partial charge in [0, 0.05) is 0 Å². The average Bonchev–Trinajstić information content (AvgIpc) is 2.12. The Balaban J connectivity index is 3.33. The van der Waals surface area contributed by atoms with Crippen molar-refractivity contribution in [1.82, 2.24) is 0 Å². The van der Waals surface area contributed by atoms with Crippen LogP contribution >= 0.6 is 23.2 Å². The molecule has 0 saturated carbocycles. The van der Waals surface area contributed by atoms with Gasteiger partial charge in [0.05, 0.1) is 22.2 Å². The van der Waals surface area contributed by atoms with Gasteiger partial charge in [-0.15, -0.1) is 11.6 Å². The van der Waals surface area contributed by atoms with Crippen molar-refractivity contribution >= 4 is 34.7 Å². The van der Waals surface area contributed by atoms with E-state index in [0.29, 0.717) is 0 Å². The van der Waals surface area contributed by atoms with E-state index in [1.54, 1.807) is 0 Å². The first-order chi connectivity index (χ1) is 6.07. The summed E-state index contributed by atoms with van der Waals surface area (Å²) >= 11 is 11.0. The molecule has 13 heavy (non-hydrogen) atoms. The number of hydrogen-bond acceptors (Lipinski definition) is 3. The number of carbonyl (C=O) groups is 1. The second-order valence-corrected chi connectivity index (χ2v) is 3.09. The second-order valence-electron chi connectivity index (χ2n) is 2.41. The Labute approximate surface area is 85.1 Å². The van der Waals surface area contributed by atoms with E-state index in [1.807, 2.05) is 0 Å². The van der Waals surface area contributed by atoms with Crippen molar-refractivity contribution in [3.8, 4) is 5.75 Å². The van der Waals surface area contributed by atoms with Crippen LogP contribution in [0.25, 0.3) is 0 Å². The van der Waals surface area contributed by atoms with Crippen LogP contribution in [-0.2, 0) is 0 Å². The van der Waals surface area contributed by atoms with Crippen molar-refractivity contribution in [3.05, 3.63) is 22.7 Å². The van der Waals surface area contributed by atoms with Crippen molar-refractivity contribution in [2.75, 3.05) is 11.6 Å². The lowest BCUT2D eigenvalue weighted by Gasteiger charge is -2.06. The number of hydrogen-bond donors (Lipinski definition) is 2. The van der Waals surface area contributed by atoms with Gasteiger partial charge in [-0.2, -0.15) is 0 Å². The molecule has 3 N–H and O–H groups in total. The first kappa shape index (κ1) is 10.2. The highest BCUT2D eigenvalue weighted by atomic mass is 35.5. The van der Waals surface area contributed by atoms with Gasteiger partial charge in [0.15, 0.2) is 5.78 Å². The molecule has 1 aromatic rings. The van der Waals surface area contributed by atoms with Crippen molar-refractivity contribution in [2.45, 2.75) is 0 Å². The van der Waals surface area contributed by atoms with E-state index in [-0.39, 0.29) is 27.9 Å². The predicted octanol–water partition coefficient (Wildman–Crippen LogP) is 2.05. The molecule has 1 rings (SSSR count). The molecule has 0 aliphatic carbocycles. The maximum atomic E-state index is 11.2. The molecule has 0 saturated heterocycles. The lowest BCUT2D eigenvalue weighted by atomic mass is 10.1. The molecule has 0 radical (unpaired) electrons. The molecule has 0 spiro atoms. The molecule has 0 heterocycles. The lowest BCUT2D eigenvalue weighted by molar-refractivity contribution is 0.102. The van der Waals surface area contributed by atoms with Gasteiger partial charge in [0.2, 0.25) is 0 Å². The smallest absolute Gasteiger partial charge is 0.181 e. The number of aromatic hydroxyl groups is 1. The minimum Gasteiger partial charge on any atom is -0.506 e. The van der Waals surface area contributed by atoms with Gasteiger partial charge in [-0.3, -0.25) is 4.79 Å². The minimum absolute atomic E-state index is 0.0295. The van der Waals surface area contributed by atoms with Crippen LogP contribution in [0.1, 0.15) is 10.4 Å². The molecule has 0 atom stereocenters. The highest BCUT2D eigenvalue weighted by Gasteiger charge is 2.15. The summed E-state index contributed by atoms with van der Waals surface area (Å²) < 4.78 is 0. The third kappa shape index (κ3) is 1.87. The molecule has 1 aromatic carbocycles. The molecule has 70 valence electrons. The number of nitrogen functional groups attached to an aromatic ring is 1. The number of phenols is 1. The molecule has 0 unspecified atom stereocenters. The number of phenolic OH excluding ortho intramolecular Hbond substituents is 1. The fraction of sp³-hybridized carbons (Fsp3) is 0.125. The Hall–Kier alpha value is -0.930. The Morgan fingerprint density at radius 1 is 1.54 bits per heavy atom. The number of halogens is 2. The normalized spacial score (nSPS) is 10.0. The van der Waals surface area contributed by atoms with Gasteiger partial charge in [-0.05, 0) is 12.1 Å². The van der Waals surface area contributed by atoms with E-state index >= 15 is 0 Å². The van der Waals surface area contributed by atoms with Crippen LogP contribution in [-0.4, -0.2) is 16.8 Å². The van der Waals surface area contributed by atoms with Crippen molar-refractivity contribution in [1.29, 1.82) is 0 Å². The van der Waals surface area contributed by atoms with Gasteiger partial charge in [-0.25, -0.2) is 0 Å². The summed E-state index contributed by atoms with van der Waals surface area (Å²) in [6, 6.07) is 2.72. The third-order valence-corrected chi connectivity index (χ3v) is 2.13. The zero-order valence-electron chi connectivity index (χ0n) is 6.55. The number of carbonyl (C=O) groups excluding carboxylic acids is 1. The largest absolute Gasteiger partial charge is 0.506 e. The van der Waals surface area contributed by atoms with E-state index in [4.69, 9.17) is 28.9 Å². The van der Waals surface area contributed by atoms with Gasteiger partial charge in [0.25, 0.3) is 0 Å². The summed E-state index contributed by atoms with van der Waals surface area (Å²) in [6.07, 6.45) is 0. The molecule has 0 aromatic heterocycles. The van der Waals surface area contributed by atoms with Crippen molar-refractivity contribution in [2.24, 2.45) is 0 Å². The molecule has 5 heteroatoms. The highest BCUT2D eigenvalue weighted by Crippen LogP contribution is 2.30. The first-order valence-corrected chi connectivity index (χ1v) is 4.35. The standard InChI is InChI=1S/C8H7Cl2NO2/c9-3-6(13)7-4(10)1-2-5(12)8(7)11/h1-2,12H,3,11H2. The maximum Gasteiger partial charge on any atom is 0.181 e. The summed E-state index contributed by atoms with van der Waals surface area (Å²) in [7, 11) is 0. The van der Waals surface area contributed by atoms with Crippen molar-refractivity contribution < 1.29 is 9.90 Å². The summed E-state index contributed by atoms with van der Waals surface area (Å²) in [5, 5.41) is 9.39. The first-order valence-electron chi connectivity index (χ1n) is 3.44. The molecular weight excluding hydrogens is 213 g/mol. The Morgan fingerprint density at radius 3 is 2.69 bits per heavy atom. The Kier molecular flexibility index (Phi) is 3.01. The molecule has 0 aliphatic rings. The van der Waals surface area contributed by atoms with Gasteiger partial charge in [-0.1, -0.05) is 11.6 Å². The quantitative estimate of drug-likeness (QED) is 0.347. The number of ketones is 1. The van der Waals surface area contributed by atoms with Crippen LogP contribution in [0.4, 0.5) is 5.69 Å². The number of nitrogens with two attached hydrogens (primary N) is 1. The molecule has 0 aliphatic heterocycles. The van der Waals surface area contributed by atoms with Crippen LogP contribution in [0.5, 0.6) is 5.75 Å². The molecular formula is C8H7Cl2NO2. The van der Waals surface area contributed by atoms with Crippen LogP contribution in [0, 0.1) is 0 Å². The van der Waals surface area contributed by atoms with E-state index in [2.05, 4.69) is 0 Å². The van der Waals surface area contributed by atoms with Crippen LogP contribution in [0.3, 0.4) is 0 Å². The fourth-order valence-corrected chi connectivity index (χ4v) is 1.34. The topological polar surface area (TPSA) is 63.3 Å². The molecule has 0 amide bonds. The molecule has 0 fully saturated rings. The minimum atomic E-state index is -0.403. The van der Waals surface area contributed by atoms with E-state index < -0.39 is 5.78 Å². The number of rotatable bonds is 2. The van der Waals surface area contributed by atoms with Crippen molar-refractivity contribution in [3.63, 3.8) is 0 Å². The Morgan fingerprint density at radius 2 is 2.15 bits per heavy atom. The number of Topliss-reactive ketones (excluding diaryl/α,β-unsaturated/α-hetero) is 1.